The number of thioether (sulfide) groups is 1. The van der Waals surface area contributed by atoms with Crippen LogP contribution in [-0.2, 0) is 11.2 Å². The molecule has 0 amide bonds. The number of nitrogens with one attached hydrogen (secondary N) is 2. The summed E-state index contributed by atoms with van der Waals surface area (Å²) in [5.74, 6) is 0. The maximum Gasteiger partial charge on any atom is 0.216 e. The van der Waals surface area contributed by atoms with Gasteiger partial charge in [-0.3, -0.25) is 9.79 Å². The number of aliphatic imine (C=N–C) groups is 1. The molecule has 5 heteroatoms. The molecule has 27 heavy (non-hydrogen) atoms. The Morgan fingerprint density at radius 2 is 1.89 bits per heavy atom. The van der Waals surface area contributed by atoms with Gasteiger partial charge in [-0.2, -0.15) is 0 Å². The Labute approximate surface area is 165 Å². The first-order chi connectivity index (χ1) is 13.3. The van der Waals surface area contributed by atoms with Crippen molar-refractivity contribution < 1.29 is 4.79 Å². The van der Waals surface area contributed by atoms with Crippen LogP contribution in [0.3, 0.4) is 0 Å². The first-order valence-electron chi connectivity index (χ1n) is 9.16. The zero-order valence-electron chi connectivity index (χ0n) is 15.5. The second kappa shape index (κ2) is 10.1. The van der Waals surface area contributed by atoms with Gasteiger partial charge in [0.05, 0.1) is 12.4 Å². The van der Waals surface area contributed by atoms with E-state index in [9.17, 15) is 4.79 Å². The normalized spacial score (nSPS) is 15.7. The highest BCUT2D eigenvalue weighted by molar-refractivity contribution is 8.13. The number of hydrogen-bond donors (Lipinski definition) is 2. The molecule has 0 bridgehead atoms. The second-order valence-electron chi connectivity index (χ2n) is 6.41. The van der Waals surface area contributed by atoms with E-state index in [4.69, 9.17) is 4.99 Å². The molecule has 0 aromatic heterocycles. The van der Waals surface area contributed by atoms with Crippen molar-refractivity contribution in [3.05, 3.63) is 83.1 Å². The highest BCUT2D eigenvalue weighted by Crippen LogP contribution is 2.22. The summed E-state index contributed by atoms with van der Waals surface area (Å²) < 4.78 is 0. The number of hydrogen-bond acceptors (Lipinski definition) is 4. The molecule has 1 aliphatic rings. The maximum atomic E-state index is 12.1. The molecule has 0 radical (unpaired) electrons. The predicted molar refractivity (Wildman–Crippen MR) is 114 cm³/mol. The molecule has 0 spiro atoms. The van der Waals surface area contributed by atoms with E-state index in [2.05, 4.69) is 47.0 Å². The quantitative estimate of drug-likeness (QED) is 0.569. The van der Waals surface area contributed by atoms with E-state index in [0.717, 1.165) is 30.7 Å². The van der Waals surface area contributed by atoms with Gasteiger partial charge in [0.15, 0.2) is 0 Å². The third kappa shape index (κ3) is 5.55. The van der Waals surface area contributed by atoms with Gasteiger partial charge in [-0.1, -0.05) is 72.4 Å². The minimum absolute atomic E-state index is 0.0259. The molecule has 1 atom stereocenters. The number of carbonyl (C=O) groups excluding carboxylic acids is 1. The van der Waals surface area contributed by atoms with Gasteiger partial charge in [-0.25, -0.2) is 0 Å². The summed E-state index contributed by atoms with van der Waals surface area (Å²) in [5, 5.41) is 6.71. The molecule has 0 aliphatic carbocycles. The van der Waals surface area contributed by atoms with Gasteiger partial charge in [0.1, 0.15) is 0 Å². The van der Waals surface area contributed by atoms with Gasteiger partial charge >= 0.3 is 0 Å². The van der Waals surface area contributed by atoms with Crippen molar-refractivity contribution in [1.29, 1.82) is 0 Å². The van der Waals surface area contributed by atoms with Crippen molar-refractivity contribution in [2.45, 2.75) is 18.9 Å². The third-order valence-corrected chi connectivity index (χ3v) is 5.22. The zero-order valence-corrected chi connectivity index (χ0v) is 16.3. The first kappa shape index (κ1) is 19.4. The summed E-state index contributed by atoms with van der Waals surface area (Å²) in [4.78, 5) is 16.9. The van der Waals surface area contributed by atoms with E-state index in [1.807, 2.05) is 30.5 Å². The molecule has 2 aromatic rings. The second-order valence-corrected chi connectivity index (χ2v) is 7.19. The van der Waals surface area contributed by atoms with Crippen LogP contribution < -0.4 is 10.6 Å². The molecule has 4 nitrogen and oxygen atoms in total. The van der Waals surface area contributed by atoms with Crippen LogP contribution in [0, 0.1) is 0 Å². The Kier molecular flexibility index (Phi) is 7.25. The fourth-order valence-electron chi connectivity index (χ4n) is 3.15. The monoisotopic (exact) mass is 379 g/mol. The van der Waals surface area contributed by atoms with Crippen LogP contribution in [0.25, 0.3) is 0 Å². The average molecular weight is 380 g/mol. The number of benzene rings is 2. The maximum absolute atomic E-state index is 12.1. The van der Waals surface area contributed by atoms with Gasteiger partial charge in [-0.15, -0.1) is 0 Å². The van der Waals surface area contributed by atoms with Crippen LogP contribution in [0.2, 0.25) is 0 Å². The lowest BCUT2D eigenvalue weighted by Crippen LogP contribution is -2.33. The van der Waals surface area contributed by atoms with E-state index in [-0.39, 0.29) is 11.2 Å². The van der Waals surface area contributed by atoms with Gasteiger partial charge in [-0.05, 0) is 36.8 Å². The fraction of sp³-hybridized carbons (Fsp3) is 0.273. The summed E-state index contributed by atoms with van der Waals surface area (Å²) in [6.45, 7) is 1.51. The lowest BCUT2D eigenvalue weighted by molar-refractivity contribution is -0.108. The van der Waals surface area contributed by atoms with E-state index in [0.29, 0.717) is 6.54 Å². The Bertz CT molecular complexity index is 803. The van der Waals surface area contributed by atoms with Crippen LogP contribution in [0.15, 0.2) is 76.9 Å². The lowest BCUT2D eigenvalue weighted by Gasteiger charge is -2.20. The third-order valence-electron chi connectivity index (χ3n) is 4.60. The standard InChI is InChI=1S/C22H25N3OS/c1-27-22(26)19-12-13-23-15-21(19)25-16-24-20(18-10-6-3-7-11-18)14-17-8-4-2-5-9-17/h2-11,16,20,23H,12-15H2,1H3,(H,24,25). The van der Waals surface area contributed by atoms with E-state index in [1.54, 1.807) is 6.34 Å². The van der Waals surface area contributed by atoms with Crippen molar-refractivity contribution >= 4 is 23.2 Å². The molecule has 1 aliphatic heterocycles. The highest BCUT2D eigenvalue weighted by Gasteiger charge is 2.18. The summed E-state index contributed by atoms with van der Waals surface area (Å²) in [6.07, 6.45) is 5.16. The largest absolute Gasteiger partial charge is 0.349 e. The van der Waals surface area contributed by atoms with E-state index < -0.39 is 0 Å². The SMILES string of the molecule is CSC(=O)C1=C(NC=NC(Cc2ccccc2)c2ccccc2)CNCC1. The number of nitrogens with zero attached hydrogens (tertiary/aromatic N) is 1. The predicted octanol–water partition coefficient (Wildman–Crippen LogP) is 3.73. The van der Waals surface area contributed by atoms with Crippen molar-refractivity contribution in [3.63, 3.8) is 0 Å². The molecule has 140 valence electrons. The molecule has 0 saturated heterocycles. The minimum Gasteiger partial charge on any atom is -0.349 e. The molecule has 0 saturated carbocycles. The Morgan fingerprint density at radius 3 is 2.59 bits per heavy atom. The van der Waals surface area contributed by atoms with E-state index in [1.165, 1.54) is 22.9 Å². The average Bonchev–Trinajstić information content (AvgIpc) is 2.74. The molecule has 1 unspecified atom stereocenters. The number of carbonyl (C=O) groups is 1. The lowest BCUT2D eigenvalue weighted by atomic mass is 9.99. The van der Waals surface area contributed by atoms with Crippen LogP contribution >= 0.6 is 11.8 Å². The molecule has 1 heterocycles. The van der Waals surface area contributed by atoms with Crippen LogP contribution in [0.1, 0.15) is 23.6 Å². The van der Waals surface area contributed by atoms with Gasteiger partial charge in [0, 0.05) is 17.8 Å². The van der Waals surface area contributed by atoms with Crippen LogP contribution in [0.4, 0.5) is 0 Å². The van der Waals surface area contributed by atoms with Crippen LogP contribution in [-0.4, -0.2) is 30.8 Å². The molecular formula is C22H25N3OS. The summed E-state index contributed by atoms with van der Waals surface area (Å²) >= 11 is 1.26. The van der Waals surface area contributed by atoms with Gasteiger partial charge < -0.3 is 10.6 Å². The van der Waals surface area contributed by atoms with Crippen molar-refractivity contribution in [2.24, 2.45) is 4.99 Å². The molecule has 2 N–H and O–H groups in total. The Balaban J connectivity index is 1.77. The minimum atomic E-state index is 0.0259. The Morgan fingerprint density at radius 1 is 1.19 bits per heavy atom. The zero-order chi connectivity index (χ0) is 18.9. The highest BCUT2D eigenvalue weighted by atomic mass is 32.2. The molecule has 2 aromatic carbocycles. The van der Waals surface area contributed by atoms with Crippen molar-refractivity contribution in [1.82, 2.24) is 10.6 Å². The fourth-order valence-corrected chi connectivity index (χ4v) is 3.62. The van der Waals surface area contributed by atoms with Gasteiger partial charge in [0.25, 0.3) is 0 Å². The molecular weight excluding hydrogens is 354 g/mol. The van der Waals surface area contributed by atoms with E-state index >= 15 is 0 Å². The number of rotatable bonds is 7. The summed E-state index contributed by atoms with van der Waals surface area (Å²) in [7, 11) is 0. The van der Waals surface area contributed by atoms with Crippen LogP contribution in [0.5, 0.6) is 0 Å². The molecule has 0 fully saturated rings. The first-order valence-corrected chi connectivity index (χ1v) is 10.4. The van der Waals surface area contributed by atoms with Crippen molar-refractivity contribution in [3.8, 4) is 0 Å². The smallest absolute Gasteiger partial charge is 0.216 e. The topological polar surface area (TPSA) is 53.5 Å². The summed E-state index contributed by atoms with van der Waals surface area (Å²) in [6, 6.07) is 20.7. The Hall–Kier alpha value is -2.37. The van der Waals surface area contributed by atoms with Gasteiger partial charge in [0.2, 0.25) is 5.12 Å². The summed E-state index contributed by atoms with van der Waals surface area (Å²) in [5.41, 5.74) is 4.22. The van der Waals surface area contributed by atoms with Crippen molar-refractivity contribution in [2.75, 3.05) is 19.3 Å². The molecule has 3 rings (SSSR count).